The van der Waals surface area contributed by atoms with Gasteiger partial charge in [0.1, 0.15) is 0 Å². The second-order valence-corrected chi connectivity index (χ2v) is 2.75. The van der Waals surface area contributed by atoms with Gasteiger partial charge in [0.05, 0.1) is 0 Å². The zero-order valence-corrected chi connectivity index (χ0v) is 7.55. The first-order valence-corrected chi connectivity index (χ1v) is 3.96. The molecule has 0 saturated carbocycles. The number of hydrogen-bond acceptors (Lipinski definition) is 2. The highest BCUT2D eigenvalue weighted by Crippen LogP contribution is 2.08. The van der Waals surface area contributed by atoms with E-state index in [9.17, 15) is 4.79 Å². The van der Waals surface area contributed by atoms with Crippen LogP contribution in [0.1, 0.15) is 26.2 Å². The third kappa shape index (κ3) is 4.59. The average Bonchev–Trinajstić information content (AvgIpc) is 1.97. The molecule has 0 N–H and O–H groups in total. The van der Waals surface area contributed by atoms with E-state index in [2.05, 4.69) is 6.92 Å². The minimum Gasteiger partial charge on any atom is -0.381 e. The standard InChI is InChI=1S/C9H16NO/c1-4-5-6-9(7-8-11)10(2)3/h7H,4-6H2,1-3H3. The van der Waals surface area contributed by atoms with Crippen LogP contribution in [0, 0.1) is 0 Å². The van der Waals surface area contributed by atoms with Crippen molar-refractivity contribution in [3.8, 4) is 0 Å². The Kier molecular flexibility index (Phi) is 5.53. The van der Waals surface area contributed by atoms with Crippen LogP contribution in [0.5, 0.6) is 0 Å². The van der Waals surface area contributed by atoms with Crippen molar-refractivity contribution in [1.29, 1.82) is 0 Å². The molecular formula is C9H16NO. The van der Waals surface area contributed by atoms with Crippen molar-refractivity contribution in [3.63, 3.8) is 0 Å². The quantitative estimate of drug-likeness (QED) is 0.562. The monoisotopic (exact) mass is 154 g/mol. The summed E-state index contributed by atoms with van der Waals surface area (Å²) in [6, 6.07) is 0. The van der Waals surface area contributed by atoms with Crippen molar-refractivity contribution in [2.24, 2.45) is 0 Å². The van der Waals surface area contributed by atoms with E-state index in [-0.39, 0.29) is 0 Å². The topological polar surface area (TPSA) is 20.3 Å². The molecule has 0 unspecified atom stereocenters. The van der Waals surface area contributed by atoms with Crippen molar-refractivity contribution in [2.75, 3.05) is 14.1 Å². The first-order valence-electron chi connectivity index (χ1n) is 3.96. The summed E-state index contributed by atoms with van der Waals surface area (Å²) in [6.07, 6.45) is 6.57. The molecule has 0 fully saturated rings. The molecule has 0 aromatic rings. The van der Waals surface area contributed by atoms with E-state index in [0.717, 1.165) is 25.0 Å². The Bertz CT molecular complexity index is 138. The lowest BCUT2D eigenvalue weighted by Gasteiger charge is -2.15. The maximum atomic E-state index is 10.1. The van der Waals surface area contributed by atoms with Crippen LogP contribution in [0.25, 0.3) is 0 Å². The molecule has 0 aromatic heterocycles. The summed E-state index contributed by atoms with van der Waals surface area (Å²) in [4.78, 5) is 12.0. The lowest BCUT2D eigenvalue weighted by molar-refractivity contribution is 0.478. The van der Waals surface area contributed by atoms with Crippen molar-refractivity contribution >= 4 is 6.29 Å². The van der Waals surface area contributed by atoms with Crippen LogP contribution in [0.15, 0.2) is 11.8 Å². The molecular weight excluding hydrogens is 138 g/mol. The second-order valence-electron chi connectivity index (χ2n) is 2.75. The number of carbonyl (C=O) groups excluding carboxylic acids is 1. The maximum absolute atomic E-state index is 10.1. The lowest BCUT2D eigenvalue weighted by Crippen LogP contribution is -2.11. The van der Waals surface area contributed by atoms with Gasteiger partial charge in [-0.3, -0.25) is 4.79 Å². The molecule has 1 radical (unpaired) electrons. The predicted octanol–water partition coefficient (Wildman–Crippen LogP) is 1.73. The van der Waals surface area contributed by atoms with Gasteiger partial charge in [0.2, 0.25) is 6.29 Å². The Labute approximate surface area is 68.9 Å². The van der Waals surface area contributed by atoms with Gasteiger partial charge in [-0.05, 0) is 12.8 Å². The van der Waals surface area contributed by atoms with Crippen LogP contribution < -0.4 is 0 Å². The van der Waals surface area contributed by atoms with Crippen LogP contribution >= 0.6 is 0 Å². The van der Waals surface area contributed by atoms with Crippen LogP contribution in [0.2, 0.25) is 0 Å². The molecule has 0 aromatic carbocycles. The van der Waals surface area contributed by atoms with E-state index in [1.807, 2.05) is 19.0 Å². The van der Waals surface area contributed by atoms with Crippen molar-refractivity contribution in [2.45, 2.75) is 26.2 Å². The summed E-state index contributed by atoms with van der Waals surface area (Å²) in [6.45, 7) is 2.14. The Hall–Kier alpha value is -0.790. The van der Waals surface area contributed by atoms with E-state index in [0.29, 0.717) is 0 Å². The molecule has 0 rings (SSSR count). The van der Waals surface area contributed by atoms with E-state index in [1.165, 1.54) is 6.08 Å². The van der Waals surface area contributed by atoms with Gasteiger partial charge >= 0.3 is 0 Å². The van der Waals surface area contributed by atoms with Gasteiger partial charge < -0.3 is 4.90 Å². The summed E-state index contributed by atoms with van der Waals surface area (Å²) in [5, 5.41) is 0. The van der Waals surface area contributed by atoms with Crippen LogP contribution in [-0.2, 0) is 4.79 Å². The summed E-state index contributed by atoms with van der Waals surface area (Å²) >= 11 is 0. The number of nitrogens with zero attached hydrogens (tertiary/aromatic N) is 1. The molecule has 2 nitrogen and oxygen atoms in total. The molecule has 0 spiro atoms. The van der Waals surface area contributed by atoms with E-state index in [4.69, 9.17) is 0 Å². The molecule has 0 bridgehead atoms. The third-order valence-corrected chi connectivity index (χ3v) is 1.59. The Morgan fingerprint density at radius 3 is 2.55 bits per heavy atom. The van der Waals surface area contributed by atoms with Gasteiger partial charge in [-0.2, -0.15) is 0 Å². The van der Waals surface area contributed by atoms with E-state index < -0.39 is 0 Å². The molecule has 0 aliphatic heterocycles. The normalized spacial score (nSPS) is 11.4. The molecule has 0 aliphatic carbocycles. The molecule has 11 heavy (non-hydrogen) atoms. The highest BCUT2D eigenvalue weighted by molar-refractivity contribution is 5.66. The first kappa shape index (κ1) is 10.2. The molecule has 2 heteroatoms. The lowest BCUT2D eigenvalue weighted by atomic mass is 10.2. The zero-order valence-electron chi connectivity index (χ0n) is 7.55. The number of unbranched alkanes of at least 4 members (excludes halogenated alkanes) is 1. The Morgan fingerprint density at radius 2 is 2.18 bits per heavy atom. The van der Waals surface area contributed by atoms with E-state index >= 15 is 0 Å². The summed E-state index contributed by atoms with van der Waals surface area (Å²) in [5.41, 5.74) is 1.06. The first-order chi connectivity index (χ1) is 5.22. The highest BCUT2D eigenvalue weighted by atomic mass is 16.1. The SMILES string of the molecule is CCCCC(=C[C]=O)N(C)C. The summed E-state index contributed by atoms with van der Waals surface area (Å²) in [7, 11) is 3.89. The fourth-order valence-corrected chi connectivity index (χ4v) is 0.851. The van der Waals surface area contributed by atoms with Crippen LogP contribution in [-0.4, -0.2) is 25.3 Å². The Morgan fingerprint density at radius 1 is 1.55 bits per heavy atom. The number of allylic oxidation sites excluding steroid dienone is 2. The van der Waals surface area contributed by atoms with Gasteiger partial charge in [0.25, 0.3) is 0 Å². The van der Waals surface area contributed by atoms with Gasteiger partial charge in [-0.25, -0.2) is 0 Å². The fourth-order valence-electron chi connectivity index (χ4n) is 0.851. The largest absolute Gasteiger partial charge is 0.381 e. The maximum Gasteiger partial charge on any atom is 0.227 e. The molecule has 0 amide bonds. The summed E-state index contributed by atoms with van der Waals surface area (Å²) in [5.74, 6) is 0. The van der Waals surface area contributed by atoms with Crippen molar-refractivity contribution < 1.29 is 4.79 Å². The second kappa shape index (κ2) is 5.96. The average molecular weight is 154 g/mol. The Balaban J connectivity index is 3.89. The third-order valence-electron chi connectivity index (χ3n) is 1.59. The minimum absolute atomic E-state index is 0.971. The van der Waals surface area contributed by atoms with Gasteiger partial charge in [-0.15, -0.1) is 0 Å². The molecule has 0 atom stereocenters. The van der Waals surface area contributed by atoms with E-state index in [1.54, 1.807) is 6.29 Å². The van der Waals surface area contributed by atoms with Gasteiger partial charge in [-0.1, -0.05) is 13.3 Å². The molecule has 0 saturated heterocycles. The van der Waals surface area contributed by atoms with Crippen LogP contribution in [0.3, 0.4) is 0 Å². The number of hydrogen-bond donors (Lipinski definition) is 0. The van der Waals surface area contributed by atoms with Crippen LogP contribution in [0.4, 0.5) is 0 Å². The fraction of sp³-hybridized carbons (Fsp3) is 0.667. The highest BCUT2D eigenvalue weighted by Gasteiger charge is 1.97. The van der Waals surface area contributed by atoms with Gasteiger partial charge in [0, 0.05) is 25.9 Å². The van der Waals surface area contributed by atoms with Crippen molar-refractivity contribution in [3.05, 3.63) is 11.8 Å². The minimum atomic E-state index is 0.971. The predicted molar refractivity (Wildman–Crippen MR) is 47.0 cm³/mol. The molecule has 0 aliphatic rings. The molecule has 63 valence electrons. The summed E-state index contributed by atoms with van der Waals surface area (Å²) < 4.78 is 0. The smallest absolute Gasteiger partial charge is 0.227 e. The van der Waals surface area contributed by atoms with Gasteiger partial charge in [0.15, 0.2) is 0 Å². The van der Waals surface area contributed by atoms with Crippen molar-refractivity contribution in [1.82, 2.24) is 4.90 Å². The zero-order chi connectivity index (χ0) is 8.69. The number of rotatable bonds is 5. The molecule has 0 heterocycles.